The van der Waals surface area contributed by atoms with Crippen LogP contribution in [0.25, 0.3) is 0 Å². The van der Waals surface area contributed by atoms with E-state index in [0.29, 0.717) is 22.2 Å². The second-order valence-corrected chi connectivity index (χ2v) is 9.62. The molecule has 0 aromatic heterocycles. The Hall–Kier alpha value is -1.23. The van der Waals surface area contributed by atoms with Crippen molar-refractivity contribution in [3.05, 3.63) is 57.1 Å². The fourth-order valence-corrected chi connectivity index (χ4v) is 4.79. The van der Waals surface area contributed by atoms with E-state index in [0.717, 1.165) is 16.7 Å². The molecule has 0 radical (unpaired) electrons. The van der Waals surface area contributed by atoms with Crippen LogP contribution in [0.3, 0.4) is 0 Å². The van der Waals surface area contributed by atoms with E-state index in [4.69, 9.17) is 37.0 Å². The second-order valence-electron chi connectivity index (χ2n) is 6.81. The lowest BCUT2D eigenvalue weighted by Crippen LogP contribution is -2.06. The predicted octanol–water partition coefficient (Wildman–Crippen LogP) is 7.02. The SMILES string of the molecule is CCOP(=O)(COc1cc(Cl)c(Cc2ccc(O)c(C(C)C)c2)c(Cl)c1)OCC. The molecule has 0 atom stereocenters. The average Bonchev–Trinajstić information content (AvgIpc) is 2.64. The number of aromatic hydroxyl groups is 1. The highest BCUT2D eigenvalue weighted by Crippen LogP contribution is 2.48. The molecule has 8 heteroatoms. The fraction of sp³-hybridized carbons (Fsp3) is 0.429. The lowest BCUT2D eigenvalue weighted by atomic mass is 9.96. The van der Waals surface area contributed by atoms with E-state index in [-0.39, 0.29) is 31.2 Å². The number of ether oxygens (including phenoxy) is 1. The summed E-state index contributed by atoms with van der Waals surface area (Å²) in [5, 5.41) is 10.9. The predicted molar refractivity (Wildman–Crippen MR) is 118 cm³/mol. The zero-order valence-corrected chi connectivity index (χ0v) is 19.5. The molecule has 2 aromatic carbocycles. The highest BCUT2D eigenvalue weighted by atomic mass is 35.5. The Morgan fingerprint density at radius 2 is 1.62 bits per heavy atom. The lowest BCUT2D eigenvalue weighted by Gasteiger charge is -2.18. The van der Waals surface area contributed by atoms with Crippen molar-refractivity contribution in [3.63, 3.8) is 0 Å². The average molecular weight is 461 g/mol. The van der Waals surface area contributed by atoms with Crippen LogP contribution in [0.15, 0.2) is 30.3 Å². The molecule has 0 fully saturated rings. The summed E-state index contributed by atoms with van der Waals surface area (Å²) >= 11 is 12.9. The van der Waals surface area contributed by atoms with Crippen LogP contribution in [0.2, 0.25) is 10.0 Å². The maximum Gasteiger partial charge on any atom is 0.367 e. The minimum Gasteiger partial charge on any atom is -0.508 e. The van der Waals surface area contributed by atoms with Crippen molar-refractivity contribution in [1.29, 1.82) is 0 Å². The zero-order chi connectivity index (χ0) is 21.6. The largest absolute Gasteiger partial charge is 0.508 e. The number of benzene rings is 2. The minimum atomic E-state index is -3.33. The topological polar surface area (TPSA) is 65.0 Å². The summed E-state index contributed by atoms with van der Waals surface area (Å²) in [6.07, 6.45) is 0.282. The monoisotopic (exact) mass is 460 g/mol. The van der Waals surface area contributed by atoms with E-state index in [1.165, 1.54) is 0 Å². The van der Waals surface area contributed by atoms with Crippen LogP contribution in [0, 0.1) is 0 Å². The van der Waals surface area contributed by atoms with Gasteiger partial charge in [-0.25, -0.2) is 0 Å². The van der Waals surface area contributed by atoms with Crippen molar-refractivity contribution in [2.75, 3.05) is 19.6 Å². The first-order valence-corrected chi connectivity index (χ1v) is 12.0. The Balaban J connectivity index is 2.19. The molecule has 0 aliphatic carbocycles. The number of phenols is 1. The van der Waals surface area contributed by atoms with Crippen molar-refractivity contribution in [2.45, 2.75) is 40.0 Å². The molecule has 0 unspecified atom stereocenters. The molecule has 2 aromatic rings. The Kier molecular flexibility index (Phi) is 8.87. The van der Waals surface area contributed by atoms with Gasteiger partial charge in [0.2, 0.25) is 0 Å². The smallest absolute Gasteiger partial charge is 0.367 e. The highest BCUT2D eigenvalue weighted by Gasteiger charge is 2.25. The van der Waals surface area contributed by atoms with Gasteiger partial charge in [-0.15, -0.1) is 0 Å². The summed E-state index contributed by atoms with van der Waals surface area (Å²) in [7, 11) is -3.33. The van der Waals surface area contributed by atoms with Crippen molar-refractivity contribution in [1.82, 2.24) is 0 Å². The Morgan fingerprint density at radius 1 is 1.03 bits per heavy atom. The first-order chi connectivity index (χ1) is 13.7. The van der Waals surface area contributed by atoms with Crippen LogP contribution < -0.4 is 4.74 Å². The molecule has 0 spiro atoms. The van der Waals surface area contributed by atoms with Crippen LogP contribution in [-0.2, 0) is 20.0 Å². The molecular weight excluding hydrogens is 434 g/mol. The van der Waals surface area contributed by atoms with Crippen molar-refractivity contribution in [2.24, 2.45) is 0 Å². The lowest BCUT2D eigenvalue weighted by molar-refractivity contribution is 0.197. The maximum absolute atomic E-state index is 12.5. The number of phenolic OH excluding ortho intramolecular Hbond substituents is 1. The van der Waals surface area contributed by atoms with Gasteiger partial charge < -0.3 is 18.9 Å². The minimum absolute atomic E-state index is 0.197. The molecule has 0 saturated heterocycles. The van der Waals surface area contributed by atoms with Crippen LogP contribution in [-0.4, -0.2) is 24.7 Å². The third-order valence-corrected chi connectivity index (χ3v) is 6.67. The van der Waals surface area contributed by atoms with E-state index in [2.05, 4.69) is 0 Å². The van der Waals surface area contributed by atoms with Crippen LogP contribution in [0.1, 0.15) is 50.3 Å². The second kappa shape index (κ2) is 10.7. The number of halogens is 2. The summed E-state index contributed by atoms with van der Waals surface area (Å²) < 4.78 is 28.6. The Bertz CT molecular complexity index is 852. The van der Waals surface area contributed by atoms with E-state index in [1.807, 2.05) is 26.0 Å². The van der Waals surface area contributed by atoms with E-state index >= 15 is 0 Å². The molecule has 0 aliphatic rings. The molecule has 5 nitrogen and oxygen atoms in total. The molecule has 0 heterocycles. The molecule has 0 saturated carbocycles. The summed E-state index contributed by atoms with van der Waals surface area (Å²) in [5.41, 5.74) is 2.61. The van der Waals surface area contributed by atoms with Gasteiger partial charge in [0.15, 0.2) is 6.35 Å². The molecule has 1 N–H and O–H groups in total. The summed E-state index contributed by atoms with van der Waals surface area (Å²) in [5.74, 6) is 0.859. The van der Waals surface area contributed by atoms with E-state index in [1.54, 1.807) is 32.0 Å². The third kappa shape index (κ3) is 6.63. The van der Waals surface area contributed by atoms with Gasteiger partial charge in [-0.2, -0.15) is 0 Å². The molecule has 29 heavy (non-hydrogen) atoms. The van der Waals surface area contributed by atoms with Gasteiger partial charge in [0.1, 0.15) is 11.5 Å². The maximum atomic E-state index is 12.5. The van der Waals surface area contributed by atoms with Crippen LogP contribution in [0.4, 0.5) is 0 Å². The van der Waals surface area contributed by atoms with Gasteiger partial charge in [0, 0.05) is 16.5 Å². The quantitative estimate of drug-likeness (QED) is 0.386. The Morgan fingerprint density at radius 3 is 2.14 bits per heavy atom. The third-order valence-electron chi connectivity index (χ3n) is 4.25. The van der Waals surface area contributed by atoms with Gasteiger partial charge in [-0.1, -0.05) is 49.2 Å². The highest BCUT2D eigenvalue weighted by molar-refractivity contribution is 7.53. The van der Waals surface area contributed by atoms with Crippen molar-refractivity contribution in [3.8, 4) is 11.5 Å². The van der Waals surface area contributed by atoms with E-state index in [9.17, 15) is 9.67 Å². The molecule has 0 aliphatic heterocycles. The normalized spacial score (nSPS) is 11.8. The number of rotatable bonds is 10. The van der Waals surface area contributed by atoms with Gasteiger partial charge in [0.05, 0.1) is 13.2 Å². The number of hydrogen-bond donors (Lipinski definition) is 1. The standard InChI is InChI=1S/C21H27Cl2O5P/c1-5-27-29(25,28-6-2)13-26-16-11-19(22)18(20(23)12-16)10-15-7-8-21(24)17(9-15)14(3)4/h7-9,11-12,14,24H,5-6,10,13H2,1-4H3. The zero-order valence-electron chi connectivity index (χ0n) is 17.1. The first-order valence-electron chi connectivity index (χ1n) is 9.49. The number of hydrogen-bond acceptors (Lipinski definition) is 5. The fourth-order valence-electron chi connectivity index (χ4n) is 2.87. The van der Waals surface area contributed by atoms with Crippen LogP contribution in [0.5, 0.6) is 11.5 Å². The molecule has 160 valence electrons. The summed E-state index contributed by atoms with van der Waals surface area (Å²) in [6, 6.07) is 8.75. The molecule has 0 bridgehead atoms. The van der Waals surface area contributed by atoms with Crippen molar-refractivity contribution < 1.29 is 23.5 Å². The van der Waals surface area contributed by atoms with Gasteiger partial charge in [-0.05, 0) is 54.7 Å². The first kappa shape index (κ1) is 24.0. The van der Waals surface area contributed by atoms with Gasteiger partial charge >= 0.3 is 7.60 Å². The van der Waals surface area contributed by atoms with Crippen molar-refractivity contribution >= 4 is 30.8 Å². The molecular formula is C21H27Cl2O5P. The summed E-state index contributed by atoms with van der Waals surface area (Å²) in [4.78, 5) is 0. The summed E-state index contributed by atoms with van der Waals surface area (Å²) in [6.45, 7) is 8.03. The Labute approximate surface area is 182 Å². The molecule has 0 amide bonds. The molecule has 2 rings (SSSR count). The van der Waals surface area contributed by atoms with Gasteiger partial charge in [0.25, 0.3) is 0 Å². The van der Waals surface area contributed by atoms with Gasteiger partial charge in [-0.3, -0.25) is 4.57 Å². The van der Waals surface area contributed by atoms with Crippen LogP contribution >= 0.6 is 30.8 Å². The van der Waals surface area contributed by atoms with E-state index < -0.39 is 7.60 Å².